The molecule has 0 heterocycles. The number of amides is 1. The summed E-state index contributed by atoms with van der Waals surface area (Å²) in [6.07, 6.45) is 3.57. The number of anilines is 1. The summed E-state index contributed by atoms with van der Waals surface area (Å²) in [6, 6.07) is 5.42. The molecule has 0 unspecified atom stereocenters. The van der Waals surface area contributed by atoms with Crippen molar-refractivity contribution in [2.24, 2.45) is 5.73 Å². The summed E-state index contributed by atoms with van der Waals surface area (Å²) in [6.45, 7) is 0. The van der Waals surface area contributed by atoms with Crippen LogP contribution in [0.3, 0.4) is 0 Å². The van der Waals surface area contributed by atoms with Crippen molar-refractivity contribution in [1.29, 1.82) is 0 Å². The first-order chi connectivity index (χ1) is 8.55. The topological polar surface area (TPSA) is 64.3 Å². The fourth-order valence-corrected chi connectivity index (χ4v) is 2.77. The van der Waals surface area contributed by atoms with Gasteiger partial charge in [-0.05, 0) is 47.0 Å². The van der Waals surface area contributed by atoms with E-state index in [0.717, 1.165) is 41.6 Å². The molecule has 18 heavy (non-hydrogen) atoms. The lowest BCUT2D eigenvalue weighted by Crippen LogP contribution is -2.48. The van der Waals surface area contributed by atoms with Gasteiger partial charge in [-0.1, -0.05) is 12.8 Å². The summed E-state index contributed by atoms with van der Waals surface area (Å²) < 4.78 is 5.95. The third-order valence-electron chi connectivity index (χ3n) is 3.36. The van der Waals surface area contributed by atoms with Gasteiger partial charge in [-0.3, -0.25) is 4.79 Å². The predicted octanol–water partition coefficient (Wildman–Crippen LogP) is 2.67. The number of nitrogens with two attached hydrogens (primary N) is 1. The molecule has 98 valence electrons. The molecule has 0 aromatic heterocycles. The molecule has 1 aromatic rings. The minimum atomic E-state index is -0.702. The fourth-order valence-electron chi connectivity index (χ4n) is 2.23. The van der Waals surface area contributed by atoms with Crippen LogP contribution in [0.5, 0.6) is 5.75 Å². The van der Waals surface area contributed by atoms with E-state index in [9.17, 15) is 4.79 Å². The Morgan fingerprint density at radius 2 is 2.11 bits per heavy atom. The van der Waals surface area contributed by atoms with Crippen LogP contribution in [0.2, 0.25) is 0 Å². The molecular weight excluding hydrogens is 296 g/mol. The lowest BCUT2D eigenvalue weighted by Gasteiger charge is -2.22. The molecule has 0 spiro atoms. The monoisotopic (exact) mass is 312 g/mol. The van der Waals surface area contributed by atoms with Gasteiger partial charge in [0.1, 0.15) is 5.75 Å². The molecule has 0 atom stereocenters. The minimum Gasteiger partial charge on any atom is -0.496 e. The van der Waals surface area contributed by atoms with E-state index in [1.807, 2.05) is 6.07 Å². The quantitative estimate of drug-likeness (QED) is 0.902. The van der Waals surface area contributed by atoms with Crippen LogP contribution in [0.1, 0.15) is 25.7 Å². The highest BCUT2D eigenvalue weighted by atomic mass is 79.9. The van der Waals surface area contributed by atoms with E-state index < -0.39 is 5.54 Å². The van der Waals surface area contributed by atoms with Gasteiger partial charge in [-0.15, -0.1) is 0 Å². The molecular formula is C13H17BrN2O2. The van der Waals surface area contributed by atoms with Crippen LogP contribution in [0.25, 0.3) is 0 Å². The Kier molecular flexibility index (Phi) is 3.92. The maximum absolute atomic E-state index is 12.1. The number of ether oxygens (including phenoxy) is 1. The van der Waals surface area contributed by atoms with Crippen molar-refractivity contribution in [3.05, 3.63) is 22.7 Å². The molecule has 1 saturated carbocycles. The van der Waals surface area contributed by atoms with Crippen LogP contribution in [-0.4, -0.2) is 18.6 Å². The highest BCUT2D eigenvalue weighted by molar-refractivity contribution is 9.10. The Balaban J connectivity index is 2.09. The summed E-state index contributed by atoms with van der Waals surface area (Å²) >= 11 is 3.39. The number of rotatable bonds is 3. The van der Waals surface area contributed by atoms with Crippen molar-refractivity contribution in [2.45, 2.75) is 31.2 Å². The summed E-state index contributed by atoms with van der Waals surface area (Å²) in [5.41, 5.74) is 6.12. The Hall–Kier alpha value is -1.07. The maximum atomic E-state index is 12.1. The van der Waals surface area contributed by atoms with E-state index in [0.29, 0.717) is 0 Å². The lowest BCUT2D eigenvalue weighted by molar-refractivity contribution is -0.121. The third kappa shape index (κ3) is 2.67. The van der Waals surface area contributed by atoms with Gasteiger partial charge < -0.3 is 15.8 Å². The first kappa shape index (κ1) is 13.4. The number of carbonyl (C=O) groups excluding carboxylic acids is 1. The second kappa shape index (κ2) is 5.28. The predicted molar refractivity (Wildman–Crippen MR) is 74.7 cm³/mol. The first-order valence-corrected chi connectivity index (χ1v) is 6.78. The summed E-state index contributed by atoms with van der Waals surface area (Å²) in [4.78, 5) is 12.1. The molecule has 5 heteroatoms. The number of halogens is 1. The number of methoxy groups -OCH3 is 1. The molecule has 0 aliphatic heterocycles. The van der Waals surface area contributed by atoms with Crippen LogP contribution in [0, 0.1) is 0 Å². The number of hydrogen-bond acceptors (Lipinski definition) is 3. The van der Waals surface area contributed by atoms with Crippen LogP contribution < -0.4 is 15.8 Å². The van der Waals surface area contributed by atoms with Crippen molar-refractivity contribution in [2.75, 3.05) is 12.4 Å². The van der Waals surface area contributed by atoms with Crippen molar-refractivity contribution >= 4 is 27.5 Å². The lowest BCUT2D eigenvalue weighted by atomic mass is 9.98. The molecule has 4 nitrogen and oxygen atoms in total. The molecule has 1 aromatic carbocycles. The van der Waals surface area contributed by atoms with Gasteiger partial charge in [-0.2, -0.15) is 0 Å². The van der Waals surface area contributed by atoms with E-state index in [2.05, 4.69) is 21.2 Å². The first-order valence-electron chi connectivity index (χ1n) is 5.99. The smallest absolute Gasteiger partial charge is 0.244 e. The number of nitrogens with one attached hydrogen (secondary N) is 1. The highest BCUT2D eigenvalue weighted by Gasteiger charge is 2.36. The van der Waals surface area contributed by atoms with Gasteiger partial charge in [0.25, 0.3) is 0 Å². The van der Waals surface area contributed by atoms with Crippen molar-refractivity contribution < 1.29 is 9.53 Å². The Bertz CT molecular complexity index is 456. The molecule has 1 aliphatic rings. The molecule has 1 amide bonds. The zero-order valence-corrected chi connectivity index (χ0v) is 11.9. The molecule has 2 rings (SSSR count). The second-order valence-corrected chi connectivity index (χ2v) is 5.52. The molecule has 1 aliphatic carbocycles. The summed E-state index contributed by atoms with van der Waals surface area (Å²) in [5.74, 6) is 0.633. The van der Waals surface area contributed by atoms with Gasteiger partial charge in [0.15, 0.2) is 0 Å². The molecule has 1 fully saturated rings. The van der Waals surface area contributed by atoms with Crippen molar-refractivity contribution in [1.82, 2.24) is 0 Å². The Labute approximate surface area is 115 Å². The Morgan fingerprint density at radius 3 is 2.67 bits per heavy atom. The van der Waals surface area contributed by atoms with E-state index in [1.54, 1.807) is 19.2 Å². The minimum absolute atomic E-state index is 0.0999. The zero-order chi connectivity index (χ0) is 13.2. The Morgan fingerprint density at radius 1 is 1.44 bits per heavy atom. The van der Waals surface area contributed by atoms with Crippen LogP contribution in [-0.2, 0) is 4.79 Å². The van der Waals surface area contributed by atoms with Crippen LogP contribution in [0.4, 0.5) is 5.69 Å². The van der Waals surface area contributed by atoms with Crippen molar-refractivity contribution in [3.8, 4) is 5.75 Å². The van der Waals surface area contributed by atoms with E-state index in [-0.39, 0.29) is 5.91 Å². The largest absolute Gasteiger partial charge is 0.496 e. The summed E-state index contributed by atoms with van der Waals surface area (Å²) in [5, 5.41) is 2.87. The average molecular weight is 313 g/mol. The third-order valence-corrected chi connectivity index (χ3v) is 3.98. The molecule has 3 N–H and O–H groups in total. The van der Waals surface area contributed by atoms with Crippen molar-refractivity contribution in [3.63, 3.8) is 0 Å². The van der Waals surface area contributed by atoms with Crippen LogP contribution in [0.15, 0.2) is 22.7 Å². The maximum Gasteiger partial charge on any atom is 0.244 e. The normalized spacial score (nSPS) is 17.5. The number of hydrogen-bond donors (Lipinski definition) is 2. The summed E-state index contributed by atoms with van der Waals surface area (Å²) in [7, 11) is 1.60. The van der Waals surface area contributed by atoms with Gasteiger partial charge in [0.2, 0.25) is 5.91 Å². The van der Waals surface area contributed by atoms with E-state index in [1.165, 1.54) is 0 Å². The fraction of sp³-hybridized carbons (Fsp3) is 0.462. The van der Waals surface area contributed by atoms with Gasteiger partial charge >= 0.3 is 0 Å². The SMILES string of the molecule is COc1ccc(NC(=O)C2(N)CCCC2)cc1Br. The van der Waals surface area contributed by atoms with Gasteiger partial charge in [-0.25, -0.2) is 0 Å². The zero-order valence-electron chi connectivity index (χ0n) is 10.3. The molecule has 0 saturated heterocycles. The van der Waals surface area contributed by atoms with E-state index >= 15 is 0 Å². The standard InChI is InChI=1S/C13H17BrN2O2/c1-18-11-5-4-9(8-10(11)14)16-12(17)13(15)6-2-3-7-13/h4-5,8H,2-3,6-7,15H2,1H3,(H,16,17). The van der Waals surface area contributed by atoms with Crippen LogP contribution >= 0.6 is 15.9 Å². The molecule has 0 radical (unpaired) electrons. The van der Waals surface area contributed by atoms with Gasteiger partial charge in [0.05, 0.1) is 17.1 Å². The molecule has 0 bridgehead atoms. The number of benzene rings is 1. The average Bonchev–Trinajstić information content (AvgIpc) is 2.78. The van der Waals surface area contributed by atoms with E-state index in [4.69, 9.17) is 10.5 Å². The van der Waals surface area contributed by atoms with Gasteiger partial charge in [0, 0.05) is 5.69 Å². The second-order valence-electron chi connectivity index (χ2n) is 4.67. The number of carbonyl (C=O) groups is 1. The highest BCUT2D eigenvalue weighted by Crippen LogP contribution is 2.31.